The Labute approximate surface area is 125 Å². The molecule has 0 saturated carbocycles. The lowest BCUT2D eigenvalue weighted by Crippen LogP contribution is -1.96. The average molecular weight is 348 g/mol. The first kappa shape index (κ1) is 14.0. The van der Waals surface area contributed by atoms with E-state index in [1.165, 1.54) is 0 Å². The minimum Gasteiger partial charge on any atom is -0.466 e. The lowest BCUT2D eigenvalue weighted by atomic mass is 10.0. The number of furan rings is 1. The Morgan fingerprint density at radius 2 is 1.78 bits per heavy atom. The van der Waals surface area contributed by atoms with Gasteiger partial charge in [0, 0.05) is 15.6 Å². The topological polar surface area (TPSA) is 13.1 Å². The van der Waals surface area contributed by atoms with Crippen molar-refractivity contribution in [2.24, 2.45) is 0 Å². The van der Waals surface area contributed by atoms with Crippen molar-refractivity contribution in [3.05, 3.63) is 56.5 Å². The van der Waals surface area contributed by atoms with Gasteiger partial charge in [0.1, 0.15) is 11.5 Å². The molecule has 1 unspecified atom stereocenters. The smallest absolute Gasteiger partial charge is 0.106 e. The van der Waals surface area contributed by atoms with E-state index in [1.807, 2.05) is 26.0 Å². The van der Waals surface area contributed by atoms with Crippen molar-refractivity contribution in [3.8, 4) is 0 Å². The van der Waals surface area contributed by atoms with Crippen molar-refractivity contribution in [2.75, 3.05) is 0 Å². The molecule has 0 amide bonds. The highest BCUT2D eigenvalue weighted by atomic mass is 79.9. The van der Waals surface area contributed by atoms with Gasteiger partial charge in [-0.05, 0) is 44.0 Å². The van der Waals surface area contributed by atoms with Crippen LogP contribution in [0.3, 0.4) is 0 Å². The second-order valence-electron chi connectivity index (χ2n) is 4.28. The summed E-state index contributed by atoms with van der Waals surface area (Å²) in [4.78, 5) is 0.0136. The SMILES string of the molecule is Cc1oc(C)c(C(Br)c2ccc(Cl)cc2Cl)c1C. The van der Waals surface area contributed by atoms with Crippen molar-refractivity contribution in [3.63, 3.8) is 0 Å². The van der Waals surface area contributed by atoms with Crippen LogP contribution in [-0.4, -0.2) is 0 Å². The number of benzene rings is 1. The van der Waals surface area contributed by atoms with Gasteiger partial charge in [-0.1, -0.05) is 45.2 Å². The Hall–Kier alpha value is -0.440. The van der Waals surface area contributed by atoms with E-state index in [0.29, 0.717) is 10.0 Å². The minimum atomic E-state index is 0.0136. The summed E-state index contributed by atoms with van der Waals surface area (Å²) in [5.74, 6) is 1.86. The highest BCUT2D eigenvalue weighted by Gasteiger charge is 2.22. The Balaban J connectivity index is 2.51. The van der Waals surface area contributed by atoms with Crippen molar-refractivity contribution in [1.82, 2.24) is 0 Å². The Kier molecular flexibility index (Phi) is 4.10. The molecule has 0 N–H and O–H groups in total. The van der Waals surface area contributed by atoms with Crippen LogP contribution in [0.25, 0.3) is 0 Å². The predicted octanol–water partition coefficient (Wildman–Crippen LogP) is 6.00. The molecule has 2 rings (SSSR count). The molecule has 4 heteroatoms. The monoisotopic (exact) mass is 346 g/mol. The highest BCUT2D eigenvalue weighted by molar-refractivity contribution is 9.09. The molecular formula is C14H13BrCl2O. The summed E-state index contributed by atoms with van der Waals surface area (Å²) in [6.07, 6.45) is 0. The molecule has 1 aromatic carbocycles. The van der Waals surface area contributed by atoms with E-state index >= 15 is 0 Å². The van der Waals surface area contributed by atoms with Gasteiger partial charge in [0.2, 0.25) is 0 Å². The summed E-state index contributed by atoms with van der Waals surface area (Å²) in [5.41, 5.74) is 3.28. The van der Waals surface area contributed by atoms with Crippen LogP contribution in [0.4, 0.5) is 0 Å². The molecule has 2 aromatic rings. The zero-order chi connectivity index (χ0) is 13.4. The summed E-state index contributed by atoms with van der Waals surface area (Å²) in [7, 11) is 0. The van der Waals surface area contributed by atoms with Crippen molar-refractivity contribution in [2.45, 2.75) is 25.6 Å². The van der Waals surface area contributed by atoms with Crippen LogP contribution >= 0.6 is 39.1 Å². The third-order valence-electron chi connectivity index (χ3n) is 3.11. The molecule has 0 spiro atoms. The van der Waals surface area contributed by atoms with Crippen molar-refractivity contribution >= 4 is 39.1 Å². The van der Waals surface area contributed by atoms with Gasteiger partial charge in [-0.3, -0.25) is 0 Å². The van der Waals surface area contributed by atoms with E-state index in [9.17, 15) is 0 Å². The second-order valence-corrected chi connectivity index (χ2v) is 6.04. The molecule has 0 fully saturated rings. The van der Waals surface area contributed by atoms with E-state index in [4.69, 9.17) is 27.6 Å². The molecule has 1 heterocycles. The van der Waals surface area contributed by atoms with Crippen LogP contribution in [0.15, 0.2) is 22.6 Å². The molecule has 0 bridgehead atoms. The number of halogens is 3. The first-order valence-corrected chi connectivity index (χ1v) is 7.24. The molecule has 1 nitrogen and oxygen atoms in total. The van der Waals surface area contributed by atoms with Gasteiger partial charge < -0.3 is 4.42 Å². The molecule has 1 aromatic heterocycles. The highest BCUT2D eigenvalue weighted by Crippen LogP contribution is 2.40. The minimum absolute atomic E-state index is 0.0136. The molecule has 0 saturated heterocycles. The van der Waals surface area contributed by atoms with Crippen LogP contribution < -0.4 is 0 Å². The largest absolute Gasteiger partial charge is 0.466 e. The standard InChI is InChI=1S/C14H13BrCl2O/c1-7-8(2)18-9(3)13(7)14(15)11-5-4-10(16)6-12(11)17/h4-6,14H,1-3H3. The van der Waals surface area contributed by atoms with Crippen LogP contribution in [0.1, 0.15) is 33.0 Å². The van der Waals surface area contributed by atoms with E-state index in [2.05, 4.69) is 22.9 Å². The maximum absolute atomic E-state index is 6.24. The molecule has 18 heavy (non-hydrogen) atoms. The van der Waals surface area contributed by atoms with Gasteiger partial charge in [-0.2, -0.15) is 0 Å². The zero-order valence-corrected chi connectivity index (χ0v) is 13.4. The third-order valence-corrected chi connectivity index (χ3v) is 4.62. The van der Waals surface area contributed by atoms with Crippen LogP contribution in [0.5, 0.6) is 0 Å². The fourth-order valence-corrected chi connectivity index (χ4v) is 3.76. The molecule has 96 valence electrons. The summed E-state index contributed by atoms with van der Waals surface area (Å²) < 4.78 is 5.65. The van der Waals surface area contributed by atoms with Gasteiger partial charge in [-0.15, -0.1) is 0 Å². The van der Waals surface area contributed by atoms with E-state index < -0.39 is 0 Å². The normalized spacial score (nSPS) is 12.8. The van der Waals surface area contributed by atoms with Crippen LogP contribution in [0.2, 0.25) is 10.0 Å². The molecule has 0 aliphatic carbocycles. The van der Waals surface area contributed by atoms with Crippen molar-refractivity contribution in [1.29, 1.82) is 0 Å². The molecular weight excluding hydrogens is 335 g/mol. The summed E-state index contributed by atoms with van der Waals surface area (Å²) in [5, 5.41) is 1.29. The van der Waals surface area contributed by atoms with Gasteiger partial charge in [0.25, 0.3) is 0 Å². The van der Waals surface area contributed by atoms with Crippen LogP contribution in [-0.2, 0) is 0 Å². The summed E-state index contributed by atoms with van der Waals surface area (Å²) in [6.45, 7) is 5.99. The van der Waals surface area contributed by atoms with Gasteiger partial charge >= 0.3 is 0 Å². The average Bonchev–Trinajstić information content (AvgIpc) is 2.52. The maximum atomic E-state index is 6.24. The summed E-state index contributed by atoms with van der Waals surface area (Å²) >= 11 is 15.9. The maximum Gasteiger partial charge on any atom is 0.106 e. The van der Waals surface area contributed by atoms with Gasteiger partial charge in [0.15, 0.2) is 0 Å². The van der Waals surface area contributed by atoms with E-state index in [1.54, 1.807) is 6.07 Å². The predicted molar refractivity (Wildman–Crippen MR) is 80.2 cm³/mol. The number of hydrogen-bond acceptors (Lipinski definition) is 1. The number of hydrogen-bond donors (Lipinski definition) is 0. The van der Waals surface area contributed by atoms with Gasteiger partial charge in [-0.25, -0.2) is 0 Å². The first-order chi connectivity index (χ1) is 8.41. The number of alkyl halides is 1. The number of aryl methyl sites for hydroxylation is 2. The lowest BCUT2D eigenvalue weighted by molar-refractivity contribution is 0.500. The quantitative estimate of drug-likeness (QED) is 0.607. The van der Waals surface area contributed by atoms with Gasteiger partial charge in [0.05, 0.1) is 4.83 Å². The molecule has 0 radical (unpaired) electrons. The summed E-state index contributed by atoms with van der Waals surface area (Å²) in [6, 6.07) is 5.53. The number of rotatable bonds is 2. The molecule has 1 atom stereocenters. The Morgan fingerprint density at radius 3 is 2.28 bits per heavy atom. The lowest BCUT2D eigenvalue weighted by Gasteiger charge is -2.13. The Morgan fingerprint density at radius 1 is 1.11 bits per heavy atom. The first-order valence-electron chi connectivity index (χ1n) is 5.57. The molecule has 0 aliphatic rings. The van der Waals surface area contributed by atoms with Crippen LogP contribution in [0, 0.1) is 20.8 Å². The van der Waals surface area contributed by atoms with E-state index in [0.717, 1.165) is 28.2 Å². The van der Waals surface area contributed by atoms with E-state index in [-0.39, 0.29) is 4.83 Å². The zero-order valence-electron chi connectivity index (χ0n) is 10.4. The Bertz CT molecular complexity index is 590. The fourth-order valence-electron chi connectivity index (χ4n) is 2.05. The second kappa shape index (κ2) is 5.28. The molecule has 0 aliphatic heterocycles. The fraction of sp³-hybridized carbons (Fsp3) is 0.286. The third kappa shape index (κ3) is 2.47. The van der Waals surface area contributed by atoms with Crippen molar-refractivity contribution < 1.29 is 4.42 Å².